The third-order valence-electron chi connectivity index (χ3n) is 8.46. The Balaban J connectivity index is 0.00000208. The number of halogens is 2. The van der Waals surface area contributed by atoms with Crippen LogP contribution in [0.25, 0.3) is 22.0 Å². The molecule has 0 amide bonds. The number of anilines is 1. The van der Waals surface area contributed by atoms with E-state index in [-0.39, 0.29) is 48.0 Å². The van der Waals surface area contributed by atoms with Crippen molar-refractivity contribution >= 4 is 62.2 Å². The molecule has 0 N–H and O–H groups in total. The Kier molecular flexibility index (Phi) is 11.5. The number of hydrogen-bond donors (Lipinski definition) is 0. The third-order valence-corrected chi connectivity index (χ3v) is 13.9. The number of aromatic nitrogens is 2. The molecule has 1 aliphatic rings. The molecule has 3 nitrogen and oxygen atoms in total. The molecule has 232 valence electrons. The number of allylic oxidation sites excluding steroid dienone is 2. The minimum atomic E-state index is -1.86. The van der Waals surface area contributed by atoms with Crippen molar-refractivity contribution in [2.24, 2.45) is 7.05 Å². The van der Waals surface area contributed by atoms with Gasteiger partial charge in [0, 0.05) is 36.5 Å². The van der Waals surface area contributed by atoms with E-state index in [4.69, 9.17) is 4.98 Å². The van der Waals surface area contributed by atoms with E-state index in [2.05, 4.69) is 169 Å². The van der Waals surface area contributed by atoms with Crippen LogP contribution in [-0.4, -0.2) is 17.7 Å². The molecule has 0 unspecified atom stereocenters. The molecule has 3 heterocycles. The van der Waals surface area contributed by atoms with Crippen molar-refractivity contribution in [3.63, 3.8) is 0 Å². The van der Waals surface area contributed by atoms with Crippen molar-refractivity contribution in [1.29, 1.82) is 0 Å². The van der Waals surface area contributed by atoms with Gasteiger partial charge in [-0.2, -0.15) is 0 Å². The lowest BCUT2D eigenvalue weighted by molar-refractivity contribution is -0.647. The van der Waals surface area contributed by atoms with Gasteiger partial charge < -0.3 is 52.9 Å². The molecule has 4 aromatic carbocycles. The molecular formula is C39H36I2N3PS. The summed E-state index contributed by atoms with van der Waals surface area (Å²) < 4.78 is 3.34. The fourth-order valence-corrected chi connectivity index (χ4v) is 11.9. The van der Waals surface area contributed by atoms with E-state index in [0.29, 0.717) is 0 Å². The number of hydrogen-bond acceptors (Lipinski definition) is 3. The summed E-state index contributed by atoms with van der Waals surface area (Å²) in [7, 11) is 0.217. The van der Waals surface area contributed by atoms with E-state index in [0.717, 1.165) is 29.8 Å². The summed E-state index contributed by atoms with van der Waals surface area (Å²) in [5.74, 6) is 0. The zero-order valence-electron chi connectivity index (χ0n) is 25.9. The number of benzene rings is 4. The number of nitrogens with zero attached hydrogens (tertiary/aromatic N) is 3. The molecule has 7 heteroatoms. The van der Waals surface area contributed by atoms with Gasteiger partial charge in [0.2, 0.25) is 5.01 Å². The molecule has 0 radical (unpaired) electrons. The summed E-state index contributed by atoms with van der Waals surface area (Å²) in [6.07, 6.45) is 11.1. The Labute approximate surface area is 311 Å². The average molecular weight is 864 g/mol. The van der Waals surface area contributed by atoms with Gasteiger partial charge in [0.1, 0.15) is 27.9 Å². The number of para-hydroxylation sites is 1. The van der Waals surface area contributed by atoms with Crippen molar-refractivity contribution in [2.45, 2.75) is 13.3 Å². The molecule has 0 spiro atoms. The second-order valence-electron chi connectivity index (χ2n) is 11.4. The van der Waals surface area contributed by atoms with Crippen LogP contribution in [0.1, 0.15) is 22.6 Å². The molecule has 46 heavy (non-hydrogen) atoms. The maximum absolute atomic E-state index is 4.96. The molecule has 0 fully saturated rings. The Morgan fingerprint density at radius 1 is 0.783 bits per heavy atom. The fraction of sp³-hybridized carbons (Fsp3) is 0.128. The van der Waals surface area contributed by atoms with Gasteiger partial charge in [0.15, 0.2) is 0 Å². The summed E-state index contributed by atoms with van der Waals surface area (Å²) in [5.41, 5.74) is 6.00. The van der Waals surface area contributed by atoms with Gasteiger partial charge in [-0.25, -0.2) is 4.57 Å². The molecule has 6 aromatic rings. The molecule has 0 aliphatic carbocycles. The smallest absolute Gasteiger partial charge is 0.341 e. The predicted molar refractivity (Wildman–Crippen MR) is 191 cm³/mol. The minimum absolute atomic E-state index is 0. The Hall–Kier alpha value is -2.91. The first-order chi connectivity index (χ1) is 21.6. The molecule has 0 saturated heterocycles. The number of fused-ring (bicyclic) bond motifs is 2. The number of rotatable bonds is 8. The molecule has 2 aromatic heterocycles. The summed E-state index contributed by atoms with van der Waals surface area (Å²) in [5, 5.41) is 5.36. The van der Waals surface area contributed by atoms with Crippen LogP contribution in [0.3, 0.4) is 0 Å². The van der Waals surface area contributed by atoms with Gasteiger partial charge in [0.05, 0.1) is 19.4 Å². The highest BCUT2D eigenvalue weighted by Gasteiger charge is 2.44. The van der Waals surface area contributed by atoms with Crippen LogP contribution in [0.15, 0.2) is 140 Å². The SMILES string of the molecule is Cc1cc2sc(/C=C3\C=CN(CCC[P+](c4ccccc4)(c4ccccc4)c4ccccc4)c4ccccc43)nc2[n+](C)c1.[I-].[I-]. The standard InChI is InChI=1S/C39H36N3PS.2HI/c1-30-27-37-39(41(2)29-30)40-38(44-37)28-31-23-25-42(36-22-13-12-21-35(31)36)24-14-26-43(32-15-6-3-7-16-32,33-17-8-4-9-18-33)34-19-10-5-11-20-34;;/h3-13,15-23,25,27-29H,14,24,26H2,1-2H3;2*1H/q+2;;/p-2. The van der Waals surface area contributed by atoms with Crippen LogP contribution in [0.5, 0.6) is 0 Å². The Morgan fingerprint density at radius 3 is 1.96 bits per heavy atom. The van der Waals surface area contributed by atoms with Crippen LogP contribution in [0.2, 0.25) is 0 Å². The predicted octanol–water partition coefficient (Wildman–Crippen LogP) is 1.70. The van der Waals surface area contributed by atoms with Gasteiger partial charge in [-0.1, -0.05) is 84.1 Å². The molecule has 0 saturated carbocycles. The van der Waals surface area contributed by atoms with E-state index in [1.54, 1.807) is 11.3 Å². The van der Waals surface area contributed by atoms with Crippen molar-refractivity contribution in [2.75, 3.05) is 17.6 Å². The lowest BCUT2D eigenvalue weighted by atomic mass is 9.99. The highest BCUT2D eigenvalue weighted by atomic mass is 127. The number of thiazole rings is 1. The van der Waals surface area contributed by atoms with Crippen LogP contribution in [0.4, 0.5) is 5.69 Å². The molecular weight excluding hydrogens is 827 g/mol. The topological polar surface area (TPSA) is 20.0 Å². The fourth-order valence-electron chi connectivity index (χ4n) is 6.48. The van der Waals surface area contributed by atoms with E-state index in [1.807, 2.05) is 0 Å². The zero-order chi connectivity index (χ0) is 29.9. The first-order valence-electron chi connectivity index (χ1n) is 15.2. The Bertz CT molecular complexity index is 1880. The van der Waals surface area contributed by atoms with Crippen LogP contribution in [0, 0.1) is 6.92 Å². The third kappa shape index (κ3) is 6.86. The van der Waals surface area contributed by atoms with Gasteiger partial charge in [-0.3, -0.25) is 0 Å². The van der Waals surface area contributed by atoms with Gasteiger partial charge in [-0.05, 0) is 77.7 Å². The lowest BCUT2D eigenvalue weighted by Crippen LogP contribution is -3.00. The van der Waals surface area contributed by atoms with E-state index < -0.39 is 7.26 Å². The Morgan fingerprint density at radius 2 is 1.35 bits per heavy atom. The molecule has 7 rings (SSSR count). The van der Waals surface area contributed by atoms with Crippen molar-refractivity contribution in [3.8, 4) is 0 Å². The average Bonchev–Trinajstić information content (AvgIpc) is 3.48. The first kappa shape index (κ1) is 34.4. The molecule has 1 aliphatic heterocycles. The summed E-state index contributed by atoms with van der Waals surface area (Å²) in [4.78, 5) is 7.40. The molecule has 0 atom stereocenters. The first-order valence-corrected chi connectivity index (χ1v) is 18.0. The van der Waals surface area contributed by atoms with Gasteiger partial charge >= 0.3 is 5.65 Å². The maximum Gasteiger partial charge on any atom is 0.341 e. The summed E-state index contributed by atoms with van der Waals surface area (Å²) in [6, 6.07) is 44.6. The lowest BCUT2D eigenvalue weighted by Gasteiger charge is -2.30. The van der Waals surface area contributed by atoms with Gasteiger partial charge in [-0.15, -0.1) is 0 Å². The highest BCUT2D eigenvalue weighted by molar-refractivity contribution is 7.95. The quantitative estimate of drug-likeness (QED) is 0.132. The second kappa shape index (κ2) is 15.3. The number of pyridine rings is 1. The van der Waals surface area contributed by atoms with E-state index in [9.17, 15) is 0 Å². The summed E-state index contributed by atoms with van der Waals surface area (Å²) in [6.45, 7) is 3.09. The van der Waals surface area contributed by atoms with Crippen LogP contribution >= 0.6 is 18.6 Å². The van der Waals surface area contributed by atoms with Crippen molar-refractivity contribution < 1.29 is 52.5 Å². The largest absolute Gasteiger partial charge is 1.00 e. The van der Waals surface area contributed by atoms with E-state index in [1.165, 1.54) is 43.0 Å². The van der Waals surface area contributed by atoms with Gasteiger partial charge in [0.25, 0.3) is 0 Å². The summed E-state index contributed by atoms with van der Waals surface area (Å²) >= 11 is 1.75. The van der Waals surface area contributed by atoms with Crippen LogP contribution < -0.4 is 73.3 Å². The maximum atomic E-state index is 4.96. The van der Waals surface area contributed by atoms with Crippen molar-refractivity contribution in [3.05, 3.63) is 156 Å². The monoisotopic (exact) mass is 863 g/mol. The van der Waals surface area contributed by atoms with Crippen LogP contribution in [-0.2, 0) is 7.05 Å². The second-order valence-corrected chi connectivity index (χ2v) is 16.1. The normalized spacial score (nSPS) is 13.3. The number of aryl methyl sites for hydroxylation is 2. The zero-order valence-corrected chi connectivity index (χ0v) is 32.0. The molecule has 0 bridgehead atoms. The van der Waals surface area contributed by atoms with Crippen molar-refractivity contribution in [1.82, 2.24) is 4.98 Å². The minimum Gasteiger partial charge on any atom is -1.00 e. The van der Waals surface area contributed by atoms with E-state index >= 15 is 0 Å². The highest BCUT2D eigenvalue weighted by Crippen LogP contribution is 2.55.